The van der Waals surface area contributed by atoms with Crippen molar-refractivity contribution in [3.63, 3.8) is 0 Å². The summed E-state index contributed by atoms with van der Waals surface area (Å²) in [7, 11) is 1.62. The van der Waals surface area contributed by atoms with Crippen molar-refractivity contribution in [1.29, 1.82) is 0 Å². The number of likely N-dealkylation sites (tertiary alicyclic amines) is 1. The van der Waals surface area contributed by atoms with Crippen molar-refractivity contribution in [2.24, 2.45) is 5.92 Å². The molecule has 0 spiro atoms. The smallest absolute Gasteiger partial charge is 0.308 e. The number of aliphatic carboxylic acids is 1. The molecule has 1 N–H and O–H groups in total. The lowest BCUT2D eigenvalue weighted by atomic mass is 9.89. The lowest BCUT2D eigenvalue weighted by Crippen LogP contribution is -2.30. The summed E-state index contributed by atoms with van der Waals surface area (Å²) in [6, 6.07) is 17.3. The van der Waals surface area contributed by atoms with Crippen LogP contribution in [0.1, 0.15) is 36.3 Å². The van der Waals surface area contributed by atoms with E-state index >= 15 is 0 Å². The maximum absolute atomic E-state index is 12.8. The summed E-state index contributed by atoms with van der Waals surface area (Å²) in [5, 5.41) is 9.61. The van der Waals surface area contributed by atoms with Gasteiger partial charge >= 0.3 is 5.97 Å². The number of ether oxygens (including phenoxy) is 1. The Labute approximate surface area is 159 Å². The van der Waals surface area contributed by atoms with Crippen LogP contribution in [0.3, 0.4) is 0 Å². The lowest BCUT2D eigenvalue weighted by Gasteiger charge is -2.19. The first-order valence-corrected chi connectivity index (χ1v) is 9.19. The lowest BCUT2D eigenvalue weighted by molar-refractivity contribution is -0.141. The molecule has 2 aromatic carbocycles. The first-order chi connectivity index (χ1) is 13.0. The molecule has 3 unspecified atom stereocenters. The van der Waals surface area contributed by atoms with Crippen molar-refractivity contribution >= 4 is 11.9 Å². The first kappa shape index (κ1) is 19.0. The van der Waals surface area contributed by atoms with Crippen molar-refractivity contribution < 1.29 is 19.4 Å². The Morgan fingerprint density at radius 2 is 1.89 bits per heavy atom. The molecule has 1 fully saturated rings. The van der Waals surface area contributed by atoms with Crippen molar-refractivity contribution in [3.8, 4) is 5.75 Å². The van der Waals surface area contributed by atoms with E-state index in [-0.39, 0.29) is 24.3 Å². The van der Waals surface area contributed by atoms with Gasteiger partial charge in [-0.25, -0.2) is 0 Å². The number of nitrogens with zero attached hydrogens (tertiary/aromatic N) is 1. The normalized spacial score (nSPS) is 20.3. The molecule has 3 atom stereocenters. The van der Waals surface area contributed by atoms with Gasteiger partial charge < -0.3 is 14.7 Å². The van der Waals surface area contributed by atoms with Gasteiger partial charge in [0.15, 0.2) is 0 Å². The zero-order chi connectivity index (χ0) is 19.4. The molecule has 27 heavy (non-hydrogen) atoms. The Kier molecular flexibility index (Phi) is 5.79. The maximum Gasteiger partial charge on any atom is 0.308 e. The standard InChI is InChI=1S/C22H25NO4/c1-15(17-9-6-10-18(12-17)27-2)11-21(24)23-13-19(20(14-23)22(25)26)16-7-4-3-5-8-16/h3-10,12,15,19-20H,11,13-14H2,1-2H3,(H,25,26). The number of hydrogen-bond donors (Lipinski definition) is 1. The van der Waals surface area contributed by atoms with E-state index in [2.05, 4.69) is 0 Å². The molecule has 0 aromatic heterocycles. The Hall–Kier alpha value is -2.82. The Balaban J connectivity index is 1.70. The number of rotatable bonds is 6. The van der Waals surface area contributed by atoms with E-state index in [9.17, 15) is 14.7 Å². The number of benzene rings is 2. The van der Waals surface area contributed by atoms with Gasteiger partial charge in [-0.05, 0) is 29.2 Å². The minimum absolute atomic E-state index is 0.00463. The van der Waals surface area contributed by atoms with E-state index in [0.717, 1.165) is 16.9 Å². The molecule has 0 aliphatic carbocycles. The first-order valence-electron chi connectivity index (χ1n) is 9.19. The van der Waals surface area contributed by atoms with Gasteiger partial charge in [0.1, 0.15) is 5.75 Å². The molecule has 1 aliphatic heterocycles. The Morgan fingerprint density at radius 3 is 2.56 bits per heavy atom. The highest BCUT2D eigenvalue weighted by Gasteiger charge is 2.40. The third kappa shape index (κ3) is 4.30. The van der Waals surface area contributed by atoms with E-state index in [0.29, 0.717) is 13.0 Å². The second-order valence-corrected chi connectivity index (χ2v) is 7.14. The topological polar surface area (TPSA) is 66.8 Å². The number of carbonyl (C=O) groups excluding carboxylic acids is 1. The molecule has 0 radical (unpaired) electrons. The molecule has 1 amide bonds. The van der Waals surface area contributed by atoms with Crippen molar-refractivity contribution in [2.45, 2.75) is 25.2 Å². The monoisotopic (exact) mass is 367 g/mol. The quantitative estimate of drug-likeness (QED) is 0.848. The van der Waals surface area contributed by atoms with Crippen LogP contribution in [0.5, 0.6) is 5.75 Å². The van der Waals surface area contributed by atoms with E-state index in [1.807, 2.05) is 61.5 Å². The minimum atomic E-state index is -0.847. The number of carboxylic acid groups (broad SMARTS) is 1. The minimum Gasteiger partial charge on any atom is -0.497 e. The van der Waals surface area contributed by atoms with E-state index in [1.54, 1.807) is 12.0 Å². The SMILES string of the molecule is COc1cccc(C(C)CC(=O)N2CC(C(=O)O)C(c3ccccc3)C2)c1. The summed E-state index contributed by atoms with van der Waals surface area (Å²) in [6.45, 7) is 2.72. The fourth-order valence-corrected chi connectivity index (χ4v) is 3.75. The van der Waals surface area contributed by atoms with Gasteiger partial charge in [-0.3, -0.25) is 9.59 Å². The van der Waals surface area contributed by atoms with Crippen LogP contribution >= 0.6 is 0 Å². The molecular weight excluding hydrogens is 342 g/mol. The fraction of sp³-hybridized carbons (Fsp3) is 0.364. The number of amides is 1. The second-order valence-electron chi connectivity index (χ2n) is 7.14. The summed E-state index contributed by atoms with van der Waals surface area (Å²) in [5.41, 5.74) is 2.01. The molecule has 0 bridgehead atoms. The molecule has 5 heteroatoms. The predicted octanol–water partition coefficient (Wildman–Crippen LogP) is 3.52. The largest absolute Gasteiger partial charge is 0.497 e. The Bertz CT molecular complexity index is 805. The summed E-state index contributed by atoms with van der Waals surface area (Å²) >= 11 is 0. The third-order valence-corrected chi connectivity index (χ3v) is 5.36. The molecule has 142 valence electrons. The van der Waals surface area contributed by atoms with E-state index in [1.165, 1.54) is 0 Å². The summed E-state index contributed by atoms with van der Waals surface area (Å²) in [4.78, 5) is 26.2. The maximum atomic E-state index is 12.8. The summed E-state index contributed by atoms with van der Waals surface area (Å²) < 4.78 is 5.25. The molecule has 3 rings (SSSR count). The molecule has 0 saturated carbocycles. The van der Waals surface area contributed by atoms with Gasteiger partial charge in [0.25, 0.3) is 0 Å². The Morgan fingerprint density at radius 1 is 1.15 bits per heavy atom. The molecular formula is C22H25NO4. The number of methoxy groups -OCH3 is 1. The van der Waals surface area contributed by atoms with Crippen LogP contribution < -0.4 is 4.74 Å². The van der Waals surface area contributed by atoms with Gasteiger partial charge in [-0.15, -0.1) is 0 Å². The highest BCUT2D eigenvalue weighted by molar-refractivity contribution is 5.80. The second kappa shape index (κ2) is 8.25. The summed E-state index contributed by atoms with van der Waals surface area (Å²) in [6.07, 6.45) is 0.348. The van der Waals surface area contributed by atoms with Crippen LogP contribution in [0, 0.1) is 5.92 Å². The number of hydrogen-bond acceptors (Lipinski definition) is 3. The fourth-order valence-electron chi connectivity index (χ4n) is 3.75. The number of carbonyl (C=O) groups is 2. The van der Waals surface area contributed by atoms with Gasteiger partial charge in [-0.2, -0.15) is 0 Å². The zero-order valence-electron chi connectivity index (χ0n) is 15.7. The van der Waals surface area contributed by atoms with Crippen molar-refractivity contribution in [2.75, 3.05) is 20.2 Å². The highest BCUT2D eigenvalue weighted by Crippen LogP contribution is 2.34. The van der Waals surface area contributed by atoms with Gasteiger partial charge in [-0.1, -0.05) is 49.4 Å². The predicted molar refractivity (Wildman–Crippen MR) is 103 cm³/mol. The zero-order valence-corrected chi connectivity index (χ0v) is 15.7. The van der Waals surface area contributed by atoms with Crippen LogP contribution in [0.25, 0.3) is 0 Å². The molecule has 5 nitrogen and oxygen atoms in total. The van der Waals surface area contributed by atoms with Crippen molar-refractivity contribution in [3.05, 3.63) is 65.7 Å². The van der Waals surface area contributed by atoms with E-state index in [4.69, 9.17) is 4.74 Å². The van der Waals surface area contributed by atoms with Gasteiger partial charge in [0.05, 0.1) is 13.0 Å². The van der Waals surface area contributed by atoms with Gasteiger partial charge in [0.2, 0.25) is 5.91 Å². The molecule has 2 aromatic rings. The number of carboxylic acids is 1. The van der Waals surface area contributed by atoms with E-state index < -0.39 is 11.9 Å². The molecule has 1 saturated heterocycles. The highest BCUT2D eigenvalue weighted by atomic mass is 16.5. The van der Waals surface area contributed by atoms with Crippen molar-refractivity contribution in [1.82, 2.24) is 4.90 Å². The van der Waals surface area contributed by atoms with Gasteiger partial charge in [0, 0.05) is 25.4 Å². The third-order valence-electron chi connectivity index (χ3n) is 5.36. The molecule has 1 heterocycles. The summed E-state index contributed by atoms with van der Waals surface area (Å²) in [5.74, 6) is -0.784. The average Bonchev–Trinajstić information content (AvgIpc) is 3.14. The van der Waals surface area contributed by atoms with Crippen LogP contribution in [-0.2, 0) is 9.59 Å². The van der Waals surface area contributed by atoms with Crippen LogP contribution in [0.2, 0.25) is 0 Å². The van der Waals surface area contributed by atoms with Crippen LogP contribution in [0.15, 0.2) is 54.6 Å². The average molecular weight is 367 g/mol. The molecule has 1 aliphatic rings. The van der Waals surface area contributed by atoms with Crippen LogP contribution in [-0.4, -0.2) is 42.1 Å². The van der Waals surface area contributed by atoms with Crippen LogP contribution in [0.4, 0.5) is 0 Å².